The molecule has 34 heavy (non-hydrogen) atoms. The lowest BCUT2D eigenvalue weighted by Gasteiger charge is -2.35. The lowest BCUT2D eigenvalue weighted by Crippen LogP contribution is -2.49. The van der Waals surface area contributed by atoms with E-state index in [9.17, 15) is 32.7 Å². The van der Waals surface area contributed by atoms with Crippen molar-refractivity contribution < 1.29 is 32.7 Å². The zero-order valence-electron chi connectivity index (χ0n) is 18.4. The monoisotopic (exact) mass is 715 g/mol. The molecule has 0 aromatic carbocycles. The van der Waals surface area contributed by atoms with Gasteiger partial charge < -0.3 is 27.2 Å². The first-order valence-corrected chi connectivity index (χ1v) is 13.5. The molecule has 0 aliphatic heterocycles. The molecule has 2 amide bonds. The lowest BCUT2D eigenvalue weighted by atomic mass is 9.78. The number of halogens is 5. The summed E-state index contributed by atoms with van der Waals surface area (Å²) in [5.74, 6) is -5.40. The van der Waals surface area contributed by atoms with Crippen molar-refractivity contribution in [2.75, 3.05) is 6.54 Å². The van der Waals surface area contributed by atoms with Crippen LogP contribution in [0.1, 0.15) is 44.9 Å². The minimum Gasteiger partial charge on any atom is -0.481 e. The van der Waals surface area contributed by atoms with Crippen LogP contribution in [0.25, 0.3) is 0 Å². The summed E-state index contributed by atoms with van der Waals surface area (Å²) in [6.45, 7) is -0.455. The van der Waals surface area contributed by atoms with Gasteiger partial charge in [0, 0.05) is 19.8 Å². The number of aliphatic imine (C=N–C) groups is 1. The summed E-state index contributed by atoms with van der Waals surface area (Å²) >= 11 is 4.65. The molecule has 9 nitrogen and oxygen atoms in total. The predicted octanol–water partition coefficient (Wildman–Crippen LogP) is 2.09. The molecule has 2 fully saturated rings. The van der Waals surface area contributed by atoms with Gasteiger partial charge in [-0.05, 0) is 44.4 Å². The lowest BCUT2D eigenvalue weighted by molar-refractivity contribution is -0.187. The summed E-state index contributed by atoms with van der Waals surface area (Å²) in [4.78, 5) is 40.3. The number of carboxylic acids is 1. The number of nitrogens with two attached hydrogens (primary N) is 2. The number of aliphatic carboxylic acids is 1. The van der Waals surface area contributed by atoms with Gasteiger partial charge in [-0.15, -0.1) is 0 Å². The Morgan fingerprint density at radius 3 is 2.18 bits per heavy atom. The Labute approximate surface area is 223 Å². The first-order valence-electron chi connectivity index (χ1n) is 11.0. The first kappa shape index (κ1) is 29.2. The van der Waals surface area contributed by atoms with Crippen LogP contribution < -0.4 is 22.1 Å². The Bertz CT molecular complexity index is 772. The second-order valence-corrected chi connectivity index (χ2v) is 12.5. The van der Waals surface area contributed by atoms with Gasteiger partial charge in [-0.3, -0.25) is 19.4 Å². The van der Waals surface area contributed by atoms with Crippen molar-refractivity contribution in [2.24, 2.45) is 34.2 Å². The molecule has 0 bridgehead atoms. The Balaban J connectivity index is 1.97. The number of rotatable bonds is 8. The number of carbonyl (C=O) groups excluding carboxylic acids is 2. The zero-order valence-corrected chi connectivity index (χ0v) is 22.7. The van der Waals surface area contributed by atoms with Gasteiger partial charge in [0.05, 0.1) is 24.9 Å². The van der Waals surface area contributed by atoms with Crippen molar-refractivity contribution >= 4 is 68.9 Å². The van der Waals surface area contributed by atoms with Crippen molar-refractivity contribution in [1.29, 1.82) is 0 Å². The van der Waals surface area contributed by atoms with Gasteiger partial charge in [0.1, 0.15) is 0 Å². The minimum atomic E-state index is -4.50. The third-order valence-electron chi connectivity index (χ3n) is 6.21. The van der Waals surface area contributed by atoms with Crippen LogP contribution in [0.3, 0.4) is 0 Å². The molecule has 2 aliphatic rings. The summed E-state index contributed by atoms with van der Waals surface area (Å²) < 4.78 is 40.7. The van der Waals surface area contributed by atoms with E-state index in [1.54, 1.807) is 0 Å². The van der Waals surface area contributed by atoms with E-state index in [1.165, 1.54) is 0 Å². The molecule has 2 aliphatic carbocycles. The van der Waals surface area contributed by atoms with Gasteiger partial charge in [-0.1, -0.05) is 45.2 Å². The van der Waals surface area contributed by atoms with Gasteiger partial charge >= 0.3 is 12.1 Å². The quantitative estimate of drug-likeness (QED) is 0.112. The topological polar surface area (TPSA) is 160 Å². The fourth-order valence-electron chi connectivity index (χ4n) is 4.73. The van der Waals surface area contributed by atoms with E-state index < -0.39 is 60.8 Å². The molecule has 0 heterocycles. The number of carboxylic acid groups (broad SMARTS) is 1. The maximum atomic E-state index is 13.3. The molecule has 0 aromatic rings. The molecule has 14 heteroatoms. The molecule has 0 saturated heterocycles. The minimum absolute atomic E-state index is 0.0143. The fraction of sp³-hybridized carbons (Fsp3) is 0.800. The third-order valence-corrected chi connectivity index (χ3v) is 8.24. The van der Waals surface area contributed by atoms with Gasteiger partial charge in [0.2, 0.25) is 11.8 Å². The van der Waals surface area contributed by atoms with Crippen LogP contribution in [0.4, 0.5) is 13.2 Å². The normalized spacial score (nSPS) is 30.6. The van der Waals surface area contributed by atoms with E-state index in [1.807, 2.05) is 0 Å². The first-order chi connectivity index (χ1) is 15.7. The summed E-state index contributed by atoms with van der Waals surface area (Å²) in [5, 5.41) is 14.4. The van der Waals surface area contributed by atoms with E-state index in [2.05, 4.69) is 60.8 Å². The van der Waals surface area contributed by atoms with Crippen LogP contribution in [0, 0.1) is 17.8 Å². The van der Waals surface area contributed by atoms with Crippen LogP contribution in [0.15, 0.2) is 4.99 Å². The van der Waals surface area contributed by atoms with Gasteiger partial charge in [0.15, 0.2) is 5.96 Å². The number of nitrogens with zero attached hydrogens (tertiary/aromatic N) is 1. The number of guanidine groups is 1. The molecule has 6 atom stereocenters. The van der Waals surface area contributed by atoms with Crippen molar-refractivity contribution in [3.05, 3.63) is 0 Å². The number of hydrogen-bond donors (Lipinski definition) is 5. The van der Waals surface area contributed by atoms with Crippen molar-refractivity contribution in [1.82, 2.24) is 10.6 Å². The molecule has 0 aromatic heterocycles. The molecule has 0 spiro atoms. The molecular weight excluding hydrogens is 685 g/mol. The molecule has 7 N–H and O–H groups in total. The smallest absolute Gasteiger partial charge is 0.391 e. The van der Waals surface area contributed by atoms with Gasteiger partial charge in [-0.25, -0.2) is 0 Å². The standard InChI is InChI=1S/C20H30F3I2N5O4/c21-20(22,23)11-1-10(4-14(5-11)29-19(26)27)18(34)28-8-16(31)30-15(7-17(32)33)9-2-12(24)6-13(25)3-9/h9-15H,1-8H2,(H,28,34)(H,30,31)(H,32,33)(H4,26,27,29). The van der Waals surface area contributed by atoms with Crippen LogP contribution >= 0.6 is 45.2 Å². The SMILES string of the molecule is NC(N)=NC1CC(C(=O)NCC(=O)NC(CC(=O)O)C2CC(I)CC(I)C2)CC(C(F)(F)F)C1. The summed E-state index contributed by atoms with van der Waals surface area (Å²) in [6.07, 6.45) is -2.85. The highest BCUT2D eigenvalue weighted by molar-refractivity contribution is 14.1. The van der Waals surface area contributed by atoms with Crippen LogP contribution in [-0.4, -0.2) is 61.5 Å². The van der Waals surface area contributed by atoms with Crippen molar-refractivity contribution in [3.8, 4) is 0 Å². The largest absolute Gasteiger partial charge is 0.481 e. The highest BCUT2D eigenvalue weighted by Gasteiger charge is 2.46. The molecule has 194 valence electrons. The van der Waals surface area contributed by atoms with E-state index in [4.69, 9.17) is 11.5 Å². The zero-order chi connectivity index (χ0) is 25.6. The highest BCUT2D eigenvalue weighted by atomic mass is 127. The van der Waals surface area contributed by atoms with Crippen LogP contribution in [-0.2, 0) is 14.4 Å². The Hall–Kier alpha value is -1.07. The molecule has 0 radical (unpaired) electrons. The van der Waals surface area contributed by atoms with Crippen molar-refractivity contribution in [3.63, 3.8) is 0 Å². The van der Waals surface area contributed by atoms with Gasteiger partial charge in [0.25, 0.3) is 0 Å². The second kappa shape index (κ2) is 12.8. The summed E-state index contributed by atoms with van der Waals surface area (Å²) in [5.41, 5.74) is 10.6. The average Bonchev–Trinajstić information content (AvgIpc) is 2.69. The summed E-state index contributed by atoms with van der Waals surface area (Å²) in [7, 11) is 0. The Kier molecular flexibility index (Phi) is 10.9. The Morgan fingerprint density at radius 2 is 1.65 bits per heavy atom. The van der Waals surface area contributed by atoms with Crippen LogP contribution in [0.5, 0.6) is 0 Å². The fourth-order valence-corrected chi connectivity index (χ4v) is 8.24. The summed E-state index contributed by atoms with van der Waals surface area (Å²) in [6, 6.07) is -1.43. The second-order valence-electron chi connectivity index (χ2n) is 9.00. The Morgan fingerprint density at radius 1 is 1.03 bits per heavy atom. The van der Waals surface area contributed by atoms with E-state index in [0.717, 1.165) is 19.3 Å². The number of alkyl halides is 5. The molecular formula is C20H30F3I2N5O4. The number of nitrogens with one attached hydrogen (secondary N) is 2. The third kappa shape index (κ3) is 9.53. The number of carbonyl (C=O) groups is 3. The number of amides is 2. The molecule has 2 saturated carbocycles. The van der Waals surface area contributed by atoms with Gasteiger partial charge in [-0.2, -0.15) is 13.2 Å². The highest BCUT2D eigenvalue weighted by Crippen LogP contribution is 2.41. The maximum absolute atomic E-state index is 13.3. The molecule has 2 rings (SSSR count). The van der Waals surface area contributed by atoms with Crippen molar-refractivity contribution in [2.45, 2.75) is 71.1 Å². The maximum Gasteiger partial charge on any atom is 0.391 e. The van der Waals surface area contributed by atoms with E-state index >= 15 is 0 Å². The van der Waals surface area contributed by atoms with E-state index in [0.29, 0.717) is 7.85 Å². The predicted molar refractivity (Wildman–Crippen MR) is 137 cm³/mol. The van der Waals surface area contributed by atoms with Crippen LogP contribution in [0.2, 0.25) is 0 Å². The van der Waals surface area contributed by atoms with E-state index in [-0.39, 0.29) is 31.1 Å². The average molecular weight is 715 g/mol. The molecule has 6 unspecified atom stereocenters. The number of hydrogen-bond acceptors (Lipinski definition) is 4.